The third-order valence-corrected chi connectivity index (χ3v) is 9.37. The molecule has 9 rings (SSSR count). The first-order valence-corrected chi connectivity index (χ1v) is 16.0. The van der Waals surface area contributed by atoms with E-state index in [4.69, 9.17) is 15.0 Å². The number of hydrogen-bond donors (Lipinski definition) is 0. The summed E-state index contributed by atoms with van der Waals surface area (Å²) in [4.78, 5) is 15.5. The van der Waals surface area contributed by atoms with Crippen molar-refractivity contribution in [3.63, 3.8) is 0 Å². The van der Waals surface area contributed by atoms with Gasteiger partial charge < -0.3 is 0 Å². The molecule has 0 radical (unpaired) electrons. The third kappa shape index (κ3) is 4.32. The number of benzene rings is 7. The van der Waals surface area contributed by atoms with Gasteiger partial charge in [0.2, 0.25) is 0 Å². The predicted octanol–water partition coefficient (Wildman–Crippen LogP) is 10.4. The van der Waals surface area contributed by atoms with Crippen LogP contribution in [0.4, 0.5) is 0 Å². The zero-order valence-electron chi connectivity index (χ0n) is 25.6. The van der Waals surface area contributed by atoms with Crippen molar-refractivity contribution in [3.05, 3.63) is 198 Å². The molecule has 47 heavy (non-hydrogen) atoms. The van der Waals surface area contributed by atoms with E-state index in [1.54, 1.807) is 0 Å². The smallest absolute Gasteiger partial charge is 0.164 e. The largest absolute Gasteiger partial charge is 0.208 e. The van der Waals surface area contributed by atoms with Crippen molar-refractivity contribution in [2.45, 2.75) is 5.41 Å². The van der Waals surface area contributed by atoms with Crippen LogP contribution >= 0.6 is 0 Å². The van der Waals surface area contributed by atoms with Crippen molar-refractivity contribution < 1.29 is 0 Å². The summed E-state index contributed by atoms with van der Waals surface area (Å²) in [6.07, 6.45) is 0. The first-order valence-electron chi connectivity index (χ1n) is 16.0. The number of nitrogens with zero attached hydrogens (tertiary/aromatic N) is 3. The molecule has 8 aromatic rings. The molecule has 1 heterocycles. The Kier molecular flexibility index (Phi) is 6.36. The molecule has 0 aliphatic heterocycles. The average molecular weight is 600 g/mol. The highest BCUT2D eigenvalue weighted by Crippen LogP contribution is 2.59. The molecule has 0 bridgehead atoms. The summed E-state index contributed by atoms with van der Waals surface area (Å²) in [5.74, 6) is 1.96. The Balaban J connectivity index is 1.42. The first kappa shape index (κ1) is 27.1. The van der Waals surface area contributed by atoms with E-state index in [1.807, 2.05) is 36.4 Å². The van der Waals surface area contributed by atoms with E-state index in [2.05, 4.69) is 140 Å². The van der Waals surface area contributed by atoms with Gasteiger partial charge in [0.25, 0.3) is 0 Å². The van der Waals surface area contributed by atoms with Crippen molar-refractivity contribution >= 4 is 10.8 Å². The van der Waals surface area contributed by atoms with Gasteiger partial charge in [-0.25, -0.2) is 15.0 Å². The Morgan fingerprint density at radius 2 is 0.787 bits per heavy atom. The standard InChI is InChI=1S/C44H29N3/c1-5-16-30(17-6-1)41-45-42(31-18-7-2-8-19-31)47-43(46-41)37-27-15-26-36-38-28-32-20-13-14-21-33(32)29-39(38)44(40(36)37,34-22-9-3-10-23-34)35-24-11-4-12-25-35/h1-29H. The molecule has 3 nitrogen and oxygen atoms in total. The molecule has 0 saturated carbocycles. The van der Waals surface area contributed by atoms with Crippen LogP contribution in [0, 0.1) is 0 Å². The molecular formula is C44H29N3. The van der Waals surface area contributed by atoms with Gasteiger partial charge in [-0.3, -0.25) is 0 Å². The third-order valence-electron chi connectivity index (χ3n) is 9.37. The Labute approximate surface area is 273 Å². The van der Waals surface area contributed by atoms with E-state index in [-0.39, 0.29) is 0 Å². The zero-order valence-corrected chi connectivity index (χ0v) is 25.6. The number of hydrogen-bond acceptors (Lipinski definition) is 3. The lowest BCUT2D eigenvalue weighted by Crippen LogP contribution is -2.29. The van der Waals surface area contributed by atoms with Crippen LogP contribution in [0.3, 0.4) is 0 Å². The summed E-state index contributed by atoms with van der Waals surface area (Å²) in [7, 11) is 0. The summed E-state index contributed by atoms with van der Waals surface area (Å²) < 4.78 is 0. The number of fused-ring (bicyclic) bond motifs is 4. The molecule has 0 atom stereocenters. The van der Waals surface area contributed by atoms with Crippen LogP contribution in [0.1, 0.15) is 22.3 Å². The van der Waals surface area contributed by atoms with Gasteiger partial charge in [-0.05, 0) is 56.3 Å². The van der Waals surface area contributed by atoms with E-state index in [0.29, 0.717) is 17.5 Å². The second kappa shape index (κ2) is 11.0. The molecule has 0 unspecified atom stereocenters. The second-order valence-corrected chi connectivity index (χ2v) is 12.0. The van der Waals surface area contributed by atoms with Crippen molar-refractivity contribution in [2.75, 3.05) is 0 Å². The van der Waals surface area contributed by atoms with Crippen LogP contribution in [0.25, 0.3) is 56.1 Å². The summed E-state index contributed by atoms with van der Waals surface area (Å²) >= 11 is 0. The highest BCUT2D eigenvalue weighted by atomic mass is 15.0. The number of aromatic nitrogens is 3. The van der Waals surface area contributed by atoms with E-state index in [1.165, 1.54) is 44.2 Å². The first-order chi connectivity index (χ1) is 23.3. The molecule has 7 aromatic carbocycles. The summed E-state index contributed by atoms with van der Waals surface area (Å²) in [6.45, 7) is 0. The topological polar surface area (TPSA) is 38.7 Å². The second-order valence-electron chi connectivity index (χ2n) is 12.0. The van der Waals surface area contributed by atoms with Crippen LogP contribution in [-0.4, -0.2) is 15.0 Å². The molecule has 0 amide bonds. The minimum atomic E-state index is -0.611. The zero-order chi connectivity index (χ0) is 31.2. The van der Waals surface area contributed by atoms with Crippen molar-refractivity contribution in [2.24, 2.45) is 0 Å². The van der Waals surface area contributed by atoms with Gasteiger partial charge in [-0.2, -0.15) is 0 Å². The average Bonchev–Trinajstić information content (AvgIpc) is 3.45. The molecule has 0 fully saturated rings. The molecule has 1 aliphatic rings. The lowest BCUT2D eigenvalue weighted by molar-refractivity contribution is 0.770. The monoisotopic (exact) mass is 599 g/mol. The maximum atomic E-state index is 5.23. The van der Waals surface area contributed by atoms with Crippen molar-refractivity contribution in [1.82, 2.24) is 15.0 Å². The lowest BCUT2D eigenvalue weighted by atomic mass is 9.66. The molecule has 3 heteroatoms. The fourth-order valence-corrected chi connectivity index (χ4v) is 7.35. The maximum Gasteiger partial charge on any atom is 0.164 e. The Bertz CT molecular complexity index is 2290. The molecule has 1 aliphatic carbocycles. The summed E-state index contributed by atoms with van der Waals surface area (Å²) in [5, 5.41) is 2.44. The lowest BCUT2D eigenvalue weighted by Gasteiger charge is -2.35. The van der Waals surface area contributed by atoms with Gasteiger partial charge in [-0.15, -0.1) is 0 Å². The van der Waals surface area contributed by atoms with Crippen LogP contribution in [0.5, 0.6) is 0 Å². The Morgan fingerprint density at radius 3 is 1.34 bits per heavy atom. The Hall–Kier alpha value is -6.19. The van der Waals surface area contributed by atoms with Crippen molar-refractivity contribution in [3.8, 4) is 45.3 Å². The summed E-state index contributed by atoms with van der Waals surface area (Å²) in [6, 6.07) is 62.2. The SMILES string of the molecule is c1ccc(-c2nc(-c3ccccc3)nc(-c3cccc4c3C(c3ccccc3)(c3ccccc3)c3cc5ccccc5cc3-4)n2)cc1. The molecule has 1 aromatic heterocycles. The summed E-state index contributed by atoms with van der Waals surface area (Å²) in [5.41, 5.74) is 9.56. The molecule has 0 saturated heterocycles. The molecule has 220 valence electrons. The van der Waals surface area contributed by atoms with E-state index < -0.39 is 5.41 Å². The molecule has 0 N–H and O–H groups in total. The molecular weight excluding hydrogens is 571 g/mol. The van der Waals surface area contributed by atoms with Gasteiger partial charge in [-0.1, -0.05) is 164 Å². The van der Waals surface area contributed by atoms with Crippen molar-refractivity contribution in [1.29, 1.82) is 0 Å². The van der Waals surface area contributed by atoms with Gasteiger partial charge in [0.1, 0.15) is 0 Å². The fraction of sp³-hybridized carbons (Fsp3) is 0.0227. The Morgan fingerprint density at radius 1 is 0.340 bits per heavy atom. The maximum absolute atomic E-state index is 5.23. The van der Waals surface area contributed by atoms with Gasteiger partial charge >= 0.3 is 0 Å². The minimum absolute atomic E-state index is 0.611. The van der Waals surface area contributed by atoms with E-state index >= 15 is 0 Å². The van der Waals surface area contributed by atoms with Gasteiger partial charge in [0, 0.05) is 16.7 Å². The minimum Gasteiger partial charge on any atom is -0.208 e. The quantitative estimate of drug-likeness (QED) is 0.198. The van der Waals surface area contributed by atoms with E-state index in [0.717, 1.165) is 16.7 Å². The van der Waals surface area contributed by atoms with E-state index in [9.17, 15) is 0 Å². The van der Waals surface area contributed by atoms with Crippen LogP contribution in [0.15, 0.2) is 176 Å². The predicted molar refractivity (Wildman–Crippen MR) is 191 cm³/mol. The number of rotatable bonds is 5. The highest BCUT2D eigenvalue weighted by Gasteiger charge is 2.48. The van der Waals surface area contributed by atoms with Crippen LogP contribution < -0.4 is 0 Å². The van der Waals surface area contributed by atoms with Gasteiger partial charge in [0.15, 0.2) is 17.5 Å². The van der Waals surface area contributed by atoms with Crippen LogP contribution in [-0.2, 0) is 5.41 Å². The van der Waals surface area contributed by atoms with Gasteiger partial charge in [0.05, 0.1) is 5.41 Å². The molecule has 0 spiro atoms. The van der Waals surface area contributed by atoms with Crippen LogP contribution in [0.2, 0.25) is 0 Å². The normalized spacial score (nSPS) is 12.9. The fourth-order valence-electron chi connectivity index (χ4n) is 7.35. The highest BCUT2D eigenvalue weighted by molar-refractivity contribution is 5.98.